The first-order chi connectivity index (χ1) is 13.4. The number of carbonyl (C=O) groups excluding carboxylic acids is 1. The van der Waals surface area contributed by atoms with E-state index >= 15 is 0 Å². The summed E-state index contributed by atoms with van der Waals surface area (Å²) in [6, 6.07) is 3.25. The third-order valence-corrected chi connectivity index (χ3v) is 4.98. The van der Waals surface area contributed by atoms with Gasteiger partial charge in [0.05, 0.1) is 12.0 Å². The summed E-state index contributed by atoms with van der Waals surface area (Å²) in [4.78, 5) is 41.6. The zero-order valence-corrected chi connectivity index (χ0v) is 16.7. The quantitative estimate of drug-likeness (QED) is 0.631. The van der Waals surface area contributed by atoms with Crippen LogP contribution in [0.1, 0.15) is 11.1 Å². The molecule has 3 heterocycles. The summed E-state index contributed by atoms with van der Waals surface area (Å²) in [5.74, 6) is -1.14. The van der Waals surface area contributed by atoms with Crippen molar-refractivity contribution in [2.24, 2.45) is 14.1 Å². The van der Waals surface area contributed by atoms with Crippen molar-refractivity contribution >= 4 is 35.2 Å². The lowest BCUT2D eigenvalue weighted by molar-refractivity contribution is -0.116. The van der Waals surface area contributed by atoms with Crippen molar-refractivity contribution in [1.82, 2.24) is 24.0 Å². The van der Waals surface area contributed by atoms with E-state index in [1.54, 1.807) is 13.1 Å². The number of aryl methyl sites for hydroxylation is 2. The highest BCUT2D eigenvalue weighted by Crippen LogP contribution is 2.24. The summed E-state index contributed by atoms with van der Waals surface area (Å²) < 4.78 is 18.2. The second-order valence-corrected chi connectivity index (χ2v) is 6.80. The van der Waals surface area contributed by atoms with Crippen LogP contribution in [-0.4, -0.2) is 31.1 Å². The lowest BCUT2D eigenvalue weighted by atomic mass is 9.99. The molecule has 4 rings (SSSR count). The van der Waals surface area contributed by atoms with Crippen molar-refractivity contribution in [3.05, 3.63) is 56.2 Å². The molecule has 154 valence electrons. The van der Waals surface area contributed by atoms with Gasteiger partial charge in [0.15, 0.2) is 11.2 Å². The number of carbonyl (C=O) groups is 1. The van der Waals surface area contributed by atoms with Crippen LogP contribution < -0.4 is 21.9 Å². The SMILES string of the molecule is Cl.Cn1cnc2c1c(=O)n(CC(=O)Nc1ccc3c(c1F)CCNC3)c(=O)n2C. The highest BCUT2D eigenvalue weighted by molar-refractivity contribution is 5.91. The molecule has 1 aliphatic rings. The maximum absolute atomic E-state index is 14.7. The summed E-state index contributed by atoms with van der Waals surface area (Å²) in [7, 11) is 3.10. The van der Waals surface area contributed by atoms with Crippen molar-refractivity contribution in [3.8, 4) is 0 Å². The Labute approximate surface area is 170 Å². The first kappa shape index (κ1) is 20.7. The lowest BCUT2D eigenvalue weighted by Crippen LogP contribution is -2.42. The Kier molecular flexibility index (Phi) is 5.58. The van der Waals surface area contributed by atoms with Crippen LogP contribution in [0.15, 0.2) is 28.0 Å². The molecule has 2 aromatic heterocycles. The van der Waals surface area contributed by atoms with Gasteiger partial charge < -0.3 is 15.2 Å². The number of fused-ring (bicyclic) bond motifs is 2. The van der Waals surface area contributed by atoms with Crippen molar-refractivity contribution in [2.45, 2.75) is 19.5 Å². The van der Waals surface area contributed by atoms with Crippen LogP contribution in [0, 0.1) is 5.82 Å². The van der Waals surface area contributed by atoms with E-state index in [-0.39, 0.29) is 29.3 Å². The first-order valence-corrected chi connectivity index (χ1v) is 8.80. The van der Waals surface area contributed by atoms with Crippen LogP contribution in [0.2, 0.25) is 0 Å². The second kappa shape index (κ2) is 7.80. The number of rotatable bonds is 3. The van der Waals surface area contributed by atoms with E-state index in [2.05, 4.69) is 15.6 Å². The van der Waals surface area contributed by atoms with Gasteiger partial charge in [0.2, 0.25) is 5.91 Å². The van der Waals surface area contributed by atoms with Crippen LogP contribution >= 0.6 is 12.4 Å². The Hall–Kier alpha value is -2.98. The average molecular weight is 423 g/mol. The Morgan fingerprint density at radius 2 is 2.07 bits per heavy atom. The molecule has 0 radical (unpaired) electrons. The van der Waals surface area contributed by atoms with Gasteiger partial charge in [-0.25, -0.2) is 18.7 Å². The largest absolute Gasteiger partial charge is 0.332 e. The minimum absolute atomic E-state index is 0. The molecule has 11 heteroatoms. The minimum atomic E-state index is -0.664. The lowest BCUT2D eigenvalue weighted by Gasteiger charge is -2.19. The fraction of sp³-hybridized carbons (Fsp3) is 0.333. The Morgan fingerprint density at radius 3 is 2.83 bits per heavy atom. The third kappa shape index (κ3) is 3.45. The fourth-order valence-corrected chi connectivity index (χ4v) is 3.50. The molecule has 2 N–H and O–H groups in total. The number of nitrogens with zero attached hydrogens (tertiary/aromatic N) is 4. The van der Waals surface area contributed by atoms with Crippen LogP contribution in [0.4, 0.5) is 10.1 Å². The van der Waals surface area contributed by atoms with Crippen LogP contribution in [0.25, 0.3) is 11.2 Å². The van der Waals surface area contributed by atoms with Gasteiger partial charge in [-0.05, 0) is 30.2 Å². The van der Waals surface area contributed by atoms with E-state index < -0.39 is 29.5 Å². The summed E-state index contributed by atoms with van der Waals surface area (Å²) >= 11 is 0. The number of nitrogens with one attached hydrogen (secondary N) is 2. The maximum Gasteiger partial charge on any atom is 0.332 e. The topological polar surface area (TPSA) is 103 Å². The summed E-state index contributed by atoms with van der Waals surface area (Å²) in [5, 5.41) is 5.63. The molecular formula is C18H20ClFN6O3. The number of imidazole rings is 1. The Morgan fingerprint density at radius 1 is 1.31 bits per heavy atom. The van der Waals surface area contributed by atoms with E-state index in [1.807, 2.05) is 0 Å². The highest BCUT2D eigenvalue weighted by Gasteiger charge is 2.20. The van der Waals surface area contributed by atoms with Gasteiger partial charge in [0, 0.05) is 20.6 Å². The Bertz CT molecular complexity index is 1230. The molecule has 0 atom stereocenters. The van der Waals surface area contributed by atoms with E-state index in [4.69, 9.17) is 0 Å². The van der Waals surface area contributed by atoms with Crippen LogP contribution in [0.3, 0.4) is 0 Å². The molecule has 0 spiro atoms. The molecule has 1 aromatic carbocycles. The van der Waals surface area contributed by atoms with Gasteiger partial charge in [-0.1, -0.05) is 6.07 Å². The normalized spacial score (nSPS) is 13.1. The molecule has 0 saturated carbocycles. The van der Waals surface area contributed by atoms with Gasteiger partial charge in [-0.15, -0.1) is 12.4 Å². The van der Waals surface area contributed by atoms with Crippen molar-refractivity contribution in [2.75, 3.05) is 11.9 Å². The van der Waals surface area contributed by atoms with Gasteiger partial charge >= 0.3 is 5.69 Å². The molecule has 0 unspecified atom stereocenters. The summed E-state index contributed by atoms with van der Waals surface area (Å²) in [6.07, 6.45) is 1.95. The van der Waals surface area contributed by atoms with Crippen molar-refractivity contribution < 1.29 is 9.18 Å². The predicted molar refractivity (Wildman–Crippen MR) is 108 cm³/mol. The van der Waals surface area contributed by atoms with Gasteiger partial charge in [-0.2, -0.15) is 0 Å². The molecule has 0 aliphatic carbocycles. The molecule has 1 aliphatic heterocycles. The molecule has 0 bridgehead atoms. The number of anilines is 1. The fourth-order valence-electron chi connectivity index (χ4n) is 3.50. The zero-order valence-electron chi connectivity index (χ0n) is 15.9. The van der Waals surface area contributed by atoms with Crippen molar-refractivity contribution in [3.63, 3.8) is 0 Å². The number of amides is 1. The zero-order chi connectivity index (χ0) is 20.0. The van der Waals surface area contributed by atoms with Crippen LogP contribution in [-0.2, 0) is 38.4 Å². The first-order valence-electron chi connectivity index (χ1n) is 8.80. The van der Waals surface area contributed by atoms with Crippen LogP contribution in [0.5, 0.6) is 0 Å². The van der Waals surface area contributed by atoms with E-state index in [1.165, 1.54) is 28.6 Å². The molecule has 9 nitrogen and oxygen atoms in total. The predicted octanol–water partition coefficient (Wildman–Crippen LogP) is 0.279. The standard InChI is InChI=1S/C18H19FN6O3.ClH/c1-23-9-21-16-15(23)17(27)25(18(28)24(16)2)8-13(26)22-12-4-3-10-7-20-6-5-11(10)14(12)19;/h3-4,9,20H,5-8H2,1-2H3,(H,22,26);1H. The third-order valence-electron chi connectivity index (χ3n) is 4.98. The number of aromatic nitrogens is 4. The van der Waals surface area contributed by atoms with Gasteiger partial charge in [0.1, 0.15) is 12.4 Å². The number of hydrogen-bond acceptors (Lipinski definition) is 5. The number of benzene rings is 1. The summed E-state index contributed by atoms with van der Waals surface area (Å²) in [5.41, 5.74) is 0.631. The molecule has 3 aromatic rings. The number of halogens is 2. The minimum Gasteiger partial charge on any atom is -0.328 e. The van der Waals surface area contributed by atoms with Crippen molar-refractivity contribution in [1.29, 1.82) is 0 Å². The summed E-state index contributed by atoms with van der Waals surface area (Å²) in [6.45, 7) is 0.721. The molecule has 0 saturated heterocycles. The van der Waals surface area contributed by atoms with E-state index in [0.717, 1.165) is 10.1 Å². The molecule has 1 amide bonds. The molecular weight excluding hydrogens is 403 g/mol. The monoisotopic (exact) mass is 422 g/mol. The molecule has 29 heavy (non-hydrogen) atoms. The maximum atomic E-state index is 14.7. The highest BCUT2D eigenvalue weighted by atomic mass is 35.5. The Balaban J connectivity index is 0.00000240. The second-order valence-electron chi connectivity index (χ2n) is 6.80. The smallest absolute Gasteiger partial charge is 0.328 e. The number of hydrogen-bond donors (Lipinski definition) is 2. The van der Waals surface area contributed by atoms with Gasteiger partial charge in [0.25, 0.3) is 5.56 Å². The van der Waals surface area contributed by atoms with Gasteiger partial charge in [-0.3, -0.25) is 14.2 Å². The molecule has 0 fully saturated rings. The van der Waals surface area contributed by atoms with E-state index in [0.29, 0.717) is 25.1 Å². The van der Waals surface area contributed by atoms with E-state index in [9.17, 15) is 18.8 Å². The average Bonchev–Trinajstić information content (AvgIpc) is 3.08.